The van der Waals surface area contributed by atoms with Gasteiger partial charge in [-0.05, 0) is 77.0 Å². The fraction of sp³-hybridized carbons (Fsp3) is 0.560. The molecule has 4 rings (SSSR count). The first-order chi connectivity index (χ1) is 16.1. The maximum atomic E-state index is 5.96. The highest BCUT2D eigenvalue weighted by atomic mass is 32.2. The summed E-state index contributed by atoms with van der Waals surface area (Å²) in [6.07, 6.45) is 11.4. The van der Waals surface area contributed by atoms with Crippen LogP contribution in [0.1, 0.15) is 52.1 Å². The van der Waals surface area contributed by atoms with E-state index in [0.29, 0.717) is 17.5 Å². The molecule has 0 unspecified atom stereocenters. The van der Waals surface area contributed by atoms with Crippen LogP contribution in [0.5, 0.6) is 5.75 Å². The molecule has 1 aliphatic heterocycles. The number of hydrogen-bond donors (Lipinski definition) is 1. The zero-order chi connectivity index (χ0) is 23.2. The lowest BCUT2D eigenvalue weighted by molar-refractivity contribution is 0.0532. The molecule has 178 valence electrons. The minimum atomic E-state index is 0.188. The Bertz CT molecular complexity index is 938. The van der Waals surface area contributed by atoms with E-state index in [4.69, 9.17) is 9.47 Å². The van der Waals surface area contributed by atoms with Crippen LogP contribution in [0, 0.1) is 5.92 Å². The third-order valence-corrected chi connectivity index (χ3v) is 7.19. The zero-order valence-corrected chi connectivity index (χ0v) is 20.9. The molecular formula is C25H35N5O2S. The molecule has 33 heavy (non-hydrogen) atoms. The second-order valence-corrected chi connectivity index (χ2v) is 10.3. The molecule has 0 bridgehead atoms. The molecule has 0 radical (unpaired) electrons. The van der Waals surface area contributed by atoms with Crippen molar-refractivity contribution in [3.8, 4) is 5.75 Å². The fourth-order valence-corrected chi connectivity index (χ4v) is 5.05. The number of aromatic nitrogens is 3. The third kappa shape index (κ3) is 6.53. The number of nitrogens with zero attached hydrogens (tertiary/aromatic N) is 4. The molecule has 1 saturated heterocycles. The lowest BCUT2D eigenvalue weighted by Gasteiger charge is -2.35. The Balaban J connectivity index is 1.37. The Morgan fingerprint density at radius 1 is 1.18 bits per heavy atom. The van der Waals surface area contributed by atoms with Gasteiger partial charge in [0.25, 0.3) is 0 Å². The lowest BCUT2D eigenvalue weighted by atomic mass is 9.92. The standard InChI is InChI=1S/C25H35N5O2S/c1-5-23(32-17(2)3)30-12-10-18(11-13-30)14-21-24(31-4)25(28-16-27-21)29-19-6-9-22(26-15-19)33-20-7-8-20/h5-6,9,15-18,20H,7-8,10-14H2,1-4H3,(H,27,28,29)/b23-5+. The number of ether oxygens (including phenoxy) is 2. The first-order valence-electron chi connectivity index (χ1n) is 11.9. The number of piperidine rings is 1. The maximum Gasteiger partial charge on any atom is 0.185 e. The predicted molar refractivity (Wildman–Crippen MR) is 133 cm³/mol. The molecule has 0 aromatic carbocycles. The third-order valence-electron chi connectivity index (χ3n) is 5.90. The molecule has 1 aliphatic carbocycles. The highest BCUT2D eigenvalue weighted by Gasteiger charge is 2.25. The van der Waals surface area contributed by atoms with Gasteiger partial charge in [-0.15, -0.1) is 11.8 Å². The van der Waals surface area contributed by atoms with E-state index in [-0.39, 0.29) is 6.10 Å². The number of methoxy groups -OCH3 is 1. The van der Waals surface area contributed by atoms with Crippen LogP contribution in [0.4, 0.5) is 11.5 Å². The normalized spacial score (nSPS) is 17.4. The zero-order valence-electron chi connectivity index (χ0n) is 20.1. The highest BCUT2D eigenvalue weighted by Crippen LogP contribution is 2.38. The van der Waals surface area contributed by atoms with E-state index in [9.17, 15) is 0 Å². The number of anilines is 2. The smallest absolute Gasteiger partial charge is 0.185 e. The molecular weight excluding hydrogens is 434 g/mol. The molecule has 2 aromatic heterocycles. The summed E-state index contributed by atoms with van der Waals surface area (Å²) >= 11 is 1.86. The van der Waals surface area contributed by atoms with Crippen molar-refractivity contribution in [2.24, 2.45) is 5.92 Å². The Morgan fingerprint density at radius 3 is 2.58 bits per heavy atom. The van der Waals surface area contributed by atoms with Crippen molar-refractivity contribution in [2.75, 3.05) is 25.5 Å². The molecule has 1 N–H and O–H groups in total. The van der Waals surface area contributed by atoms with E-state index in [1.54, 1.807) is 13.4 Å². The van der Waals surface area contributed by atoms with Gasteiger partial charge in [-0.2, -0.15) is 0 Å². The van der Waals surface area contributed by atoms with E-state index in [0.717, 1.165) is 59.9 Å². The second-order valence-electron chi connectivity index (χ2n) is 8.96. The number of nitrogens with one attached hydrogen (secondary N) is 1. The van der Waals surface area contributed by atoms with E-state index >= 15 is 0 Å². The van der Waals surface area contributed by atoms with E-state index in [2.05, 4.69) is 51.2 Å². The summed E-state index contributed by atoms with van der Waals surface area (Å²) in [5.74, 6) is 2.94. The van der Waals surface area contributed by atoms with Crippen molar-refractivity contribution in [2.45, 2.75) is 69.3 Å². The Labute approximate surface area is 201 Å². The lowest BCUT2D eigenvalue weighted by Crippen LogP contribution is -2.35. The van der Waals surface area contributed by atoms with Gasteiger partial charge >= 0.3 is 0 Å². The van der Waals surface area contributed by atoms with Gasteiger partial charge < -0.3 is 19.7 Å². The van der Waals surface area contributed by atoms with Crippen molar-refractivity contribution < 1.29 is 9.47 Å². The molecule has 3 heterocycles. The minimum Gasteiger partial charge on any atom is -0.491 e. The first kappa shape index (κ1) is 23.7. The van der Waals surface area contributed by atoms with Crippen LogP contribution < -0.4 is 10.1 Å². The van der Waals surface area contributed by atoms with Crippen LogP contribution in [-0.2, 0) is 11.2 Å². The summed E-state index contributed by atoms with van der Waals surface area (Å²) in [6.45, 7) is 8.17. The molecule has 8 heteroatoms. The van der Waals surface area contributed by atoms with Crippen LogP contribution in [-0.4, -0.2) is 51.4 Å². The van der Waals surface area contributed by atoms with Crippen LogP contribution in [0.3, 0.4) is 0 Å². The largest absolute Gasteiger partial charge is 0.491 e. The maximum absolute atomic E-state index is 5.96. The number of pyridine rings is 1. The Kier molecular flexibility index (Phi) is 7.96. The van der Waals surface area contributed by atoms with Crippen molar-refractivity contribution in [1.29, 1.82) is 0 Å². The number of allylic oxidation sites excluding steroid dienone is 1. The highest BCUT2D eigenvalue weighted by molar-refractivity contribution is 8.00. The van der Waals surface area contributed by atoms with Gasteiger partial charge in [0.15, 0.2) is 17.5 Å². The average molecular weight is 470 g/mol. The van der Waals surface area contributed by atoms with Crippen LogP contribution in [0.2, 0.25) is 0 Å². The second kappa shape index (κ2) is 11.1. The van der Waals surface area contributed by atoms with Gasteiger partial charge in [0.05, 0.1) is 35.8 Å². The fourth-order valence-electron chi connectivity index (χ4n) is 4.07. The molecule has 0 atom stereocenters. The SMILES string of the molecule is C/C=C(/OC(C)C)N1CCC(Cc2ncnc(Nc3ccc(SC4CC4)nc3)c2OC)CC1. The molecule has 0 spiro atoms. The van der Waals surface area contributed by atoms with Gasteiger partial charge in [0.1, 0.15) is 6.33 Å². The number of hydrogen-bond acceptors (Lipinski definition) is 8. The van der Waals surface area contributed by atoms with Crippen molar-refractivity contribution in [1.82, 2.24) is 19.9 Å². The van der Waals surface area contributed by atoms with Crippen molar-refractivity contribution in [3.05, 3.63) is 42.3 Å². The van der Waals surface area contributed by atoms with Crippen LogP contribution >= 0.6 is 11.8 Å². The molecule has 2 fully saturated rings. The minimum absolute atomic E-state index is 0.188. The summed E-state index contributed by atoms with van der Waals surface area (Å²) in [5.41, 5.74) is 1.85. The van der Waals surface area contributed by atoms with Gasteiger partial charge in [-0.3, -0.25) is 0 Å². The molecule has 7 nitrogen and oxygen atoms in total. The van der Waals surface area contributed by atoms with Gasteiger partial charge in [-0.25, -0.2) is 15.0 Å². The molecule has 0 amide bonds. The first-order valence-corrected chi connectivity index (χ1v) is 12.8. The van der Waals surface area contributed by atoms with Gasteiger partial charge in [-0.1, -0.05) is 0 Å². The average Bonchev–Trinajstić information content (AvgIpc) is 3.63. The quantitative estimate of drug-likeness (QED) is 0.463. The summed E-state index contributed by atoms with van der Waals surface area (Å²) in [4.78, 5) is 15.9. The molecule has 1 saturated carbocycles. The van der Waals surface area contributed by atoms with Gasteiger partial charge in [0, 0.05) is 18.3 Å². The van der Waals surface area contributed by atoms with E-state index in [1.165, 1.54) is 12.8 Å². The number of thioether (sulfide) groups is 1. The van der Waals surface area contributed by atoms with Crippen LogP contribution in [0.15, 0.2) is 41.6 Å². The molecule has 2 aliphatic rings. The summed E-state index contributed by atoms with van der Waals surface area (Å²) in [7, 11) is 1.69. The predicted octanol–water partition coefficient (Wildman–Crippen LogP) is 5.42. The van der Waals surface area contributed by atoms with Crippen LogP contribution in [0.25, 0.3) is 0 Å². The topological polar surface area (TPSA) is 72.4 Å². The number of likely N-dealkylation sites (tertiary alicyclic amines) is 1. The summed E-state index contributed by atoms with van der Waals surface area (Å²) < 4.78 is 11.7. The monoisotopic (exact) mass is 469 g/mol. The van der Waals surface area contributed by atoms with E-state index < -0.39 is 0 Å². The Hall–Kier alpha value is -2.48. The number of rotatable bonds is 10. The summed E-state index contributed by atoms with van der Waals surface area (Å²) in [6, 6.07) is 4.11. The van der Waals surface area contributed by atoms with Gasteiger partial charge in [0.2, 0.25) is 0 Å². The van der Waals surface area contributed by atoms with E-state index in [1.807, 2.05) is 30.9 Å². The Morgan fingerprint density at radius 2 is 1.97 bits per heavy atom. The van der Waals surface area contributed by atoms with Crippen molar-refractivity contribution in [3.63, 3.8) is 0 Å². The molecule has 2 aromatic rings. The summed E-state index contributed by atoms with van der Waals surface area (Å²) in [5, 5.41) is 5.19. The van der Waals surface area contributed by atoms with Crippen molar-refractivity contribution >= 4 is 23.3 Å².